The number of aromatic nitrogens is 3. The molecule has 3 heterocycles. The van der Waals surface area contributed by atoms with E-state index in [0.29, 0.717) is 5.69 Å². The normalized spacial score (nSPS) is 14.9. The van der Waals surface area contributed by atoms with Crippen LogP contribution in [0, 0.1) is 19.9 Å². The monoisotopic (exact) mass is 522 g/mol. The second kappa shape index (κ2) is 6.31. The van der Waals surface area contributed by atoms with Crippen LogP contribution >= 0.6 is 0 Å². The molecule has 5 rings (SSSR count). The summed E-state index contributed by atoms with van der Waals surface area (Å²) in [5.41, 5.74) is 3.23. The third-order valence-corrected chi connectivity index (χ3v) is 4.44. The SMILES string of the molecule is [2H]c1[c-]c2c(c([2H])c1[2H])c1c([2H])nc([2H])c([2H])c1n1c(-c3c(C)cccc3C)c([2H])nc21.[Ir]. The molecule has 0 unspecified atom stereocenters. The van der Waals surface area contributed by atoms with E-state index >= 15 is 0 Å². The van der Waals surface area contributed by atoms with Crippen LogP contribution in [-0.2, 0) is 20.1 Å². The van der Waals surface area contributed by atoms with Gasteiger partial charge in [-0.1, -0.05) is 23.6 Å². The average Bonchev–Trinajstić information content (AvgIpc) is 3.06. The Hall–Kier alpha value is -2.55. The van der Waals surface area contributed by atoms with Gasteiger partial charge in [0.05, 0.1) is 16.8 Å². The molecule has 0 saturated carbocycles. The molecule has 0 aliphatic rings. The van der Waals surface area contributed by atoms with Gasteiger partial charge in [0.15, 0.2) is 0 Å². The van der Waals surface area contributed by atoms with Crippen molar-refractivity contribution in [3.05, 3.63) is 78.1 Å². The molecule has 0 spiro atoms. The number of fused-ring (bicyclic) bond motifs is 6. The van der Waals surface area contributed by atoms with Crippen molar-refractivity contribution in [1.82, 2.24) is 14.4 Å². The Bertz CT molecular complexity index is 1610. The number of aryl methyl sites for hydroxylation is 2. The summed E-state index contributed by atoms with van der Waals surface area (Å²) in [6.07, 6.45) is -0.805. The molecule has 0 atom stereocenters. The number of rotatable bonds is 1. The van der Waals surface area contributed by atoms with Crippen LogP contribution < -0.4 is 0 Å². The molecule has 3 aromatic heterocycles. The topological polar surface area (TPSA) is 30.2 Å². The van der Waals surface area contributed by atoms with Crippen LogP contribution in [0.2, 0.25) is 0 Å². The van der Waals surface area contributed by atoms with Crippen molar-refractivity contribution in [3.63, 3.8) is 0 Å². The predicted molar refractivity (Wildman–Crippen MR) is 102 cm³/mol. The van der Waals surface area contributed by atoms with Gasteiger partial charge in [-0.25, -0.2) is 0 Å². The Morgan fingerprint density at radius 3 is 2.69 bits per heavy atom. The summed E-state index contributed by atoms with van der Waals surface area (Å²) in [5, 5.41) is 0.438. The largest absolute Gasteiger partial charge is 0.333 e. The van der Waals surface area contributed by atoms with E-state index in [-0.39, 0.29) is 83.9 Å². The standard InChI is InChI=1S/C22H16N3.Ir/c1-14-6-5-7-15(2)21(14)20-13-24-22-17-9-4-3-8-16(17)18-12-23-11-10-19(18)25(20)22;/h3-8,10-13H,1-2H3;/q-1;/i3D,4D,8D,10D,11D,12D,13D;. The molecular formula is C22H16IrN3-. The van der Waals surface area contributed by atoms with Crippen LogP contribution in [0.25, 0.3) is 38.6 Å². The van der Waals surface area contributed by atoms with E-state index in [1.807, 2.05) is 32.0 Å². The maximum absolute atomic E-state index is 8.66. The van der Waals surface area contributed by atoms with Gasteiger partial charge < -0.3 is 4.40 Å². The molecule has 3 nitrogen and oxygen atoms in total. The number of imidazole rings is 1. The summed E-state index contributed by atoms with van der Waals surface area (Å²) in [4.78, 5) is 8.26. The fraction of sp³-hybridized carbons (Fsp3) is 0.0909. The molecule has 129 valence electrons. The maximum atomic E-state index is 8.66. The Balaban J connectivity index is 0.00000259. The number of hydrogen-bond donors (Lipinski definition) is 0. The van der Waals surface area contributed by atoms with Gasteiger partial charge in [-0.05, 0) is 37.8 Å². The average molecular weight is 522 g/mol. The maximum Gasteiger partial charge on any atom is 0.0853 e. The molecule has 26 heavy (non-hydrogen) atoms. The molecular weight excluding hydrogens is 498 g/mol. The molecule has 0 amide bonds. The summed E-state index contributed by atoms with van der Waals surface area (Å²) in [6.45, 7) is 3.81. The third kappa shape index (κ3) is 2.30. The van der Waals surface area contributed by atoms with Crippen molar-refractivity contribution in [2.75, 3.05) is 0 Å². The molecule has 2 aromatic carbocycles. The summed E-state index contributed by atoms with van der Waals surface area (Å²) in [5.74, 6) is 0. The molecule has 0 N–H and O–H groups in total. The summed E-state index contributed by atoms with van der Waals surface area (Å²) < 4.78 is 60.0. The van der Waals surface area contributed by atoms with E-state index in [4.69, 9.17) is 9.60 Å². The van der Waals surface area contributed by atoms with Crippen LogP contribution in [0.1, 0.15) is 20.7 Å². The quantitative estimate of drug-likeness (QED) is 0.227. The Morgan fingerprint density at radius 2 is 1.88 bits per heavy atom. The molecule has 0 aliphatic heterocycles. The van der Waals surface area contributed by atoms with E-state index in [0.717, 1.165) is 16.7 Å². The van der Waals surface area contributed by atoms with Crippen molar-refractivity contribution in [2.24, 2.45) is 0 Å². The van der Waals surface area contributed by atoms with E-state index in [2.05, 4.69) is 16.0 Å². The summed E-state index contributed by atoms with van der Waals surface area (Å²) in [6, 6.07) is 7.27. The third-order valence-electron chi connectivity index (χ3n) is 4.44. The number of nitrogens with zero attached hydrogens (tertiary/aromatic N) is 3. The first-order chi connectivity index (χ1) is 15.1. The fourth-order valence-electron chi connectivity index (χ4n) is 3.34. The Morgan fingerprint density at radius 1 is 1.08 bits per heavy atom. The molecule has 0 aliphatic carbocycles. The minimum Gasteiger partial charge on any atom is -0.333 e. The van der Waals surface area contributed by atoms with E-state index in [1.165, 1.54) is 0 Å². The molecule has 0 fully saturated rings. The van der Waals surface area contributed by atoms with Crippen LogP contribution in [0.4, 0.5) is 0 Å². The van der Waals surface area contributed by atoms with Crippen molar-refractivity contribution in [2.45, 2.75) is 13.8 Å². The molecule has 0 saturated heterocycles. The number of hydrogen-bond acceptors (Lipinski definition) is 2. The van der Waals surface area contributed by atoms with Crippen LogP contribution in [-0.4, -0.2) is 14.4 Å². The van der Waals surface area contributed by atoms with E-state index < -0.39 is 6.17 Å². The van der Waals surface area contributed by atoms with Gasteiger partial charge >= 0.3 is 0 Å². The number of benzene rings is 2. The van der Waals surface area contributed by atoms with Gasteiger partial charge in [0.25, 0.3) is 0 Å². The predicted octanol–water partition coefficient (Wildman–Crippen LogP) is 5.12. The zero-order valence-corrected chi connectivity index (χ0v) is 16.3. The zero-order valence-electron chi connectivity index (χ0n) is 20.9. The van der Waals surface area contributed by atoms with E-state index in [1.54, 1.807) is 4.40 Å². The number of pyridine rings is 2. The second-order valence-electron chi connectivity index (χ2n) is 5.93. The Labute approximate surface area is 174 Å². The van der Waals surface area contributed by atoms with Crippen molar-refractivity contribution < 1.29 is 29.7 Å². The summed E-state index contributed by atoms with van der Waals surface area (Å²) >= 11 is 0. The van der Waals surface area contributed by atoms with Crippen LogP contribution in [0.3, 0.4) is 0 Å². The molecule has 1 radical (unpaired) electrons. The summed E-state index contributed by atoms with van der Waals surface area (Å²) in [7, 11) is 0. The molecule has 4 heteroatoms. The van der Waals surface area contributed by atoms with Crippen LogP contribution in [0.5, 0.6) is 0 Å². The van der Waals surface area contributed by atoms with Crippen molar-refractivity contribution in [3.8, 4) is 11.3 Å². The molecule has 5 aromatic rings. The van der Waals surface area contributed by atoms with Gasteiger partial charge in [-0.15, -0.1) is 29.6 Å². The Kier molecular flexibility index (Phi) is 2.56. The first kappa shape index (κ1) is 10.6. The first-order valence-electron chi connectivity index (χ1n) is 11.3. The molecule has 0 bridgehead atoms. The van der Waals surface area contributed by atoms with Gasteiger partial charge in [0.1, 0.15) is 0 Å². The van der Waals surface area contributed by atoms with Crippen molar-refractivity contribution >= 4 is 27.3 Å². The minimum atomic E-state index is -0.408. The first-order valence-corrected chi connectivity index (χ1v) is 7.81. The van der Waals surface area contributed by atoms with E-state index in [9.17, 15) is 0 Å². The van der Waals surface area contributed by atoms with Gasteiger partial charge in [0, 0.05) is 52.4 Å². The zero-order chi connectivity index (χ0) is 23.1. The van der Waals surface area contributed by atoms with Gasteiger partial charge in [-0.2, -0.15) is 0 Å². The van der Waals surface area contributed by atoms with Crippen LogP contribution in [0.15, 0.2) is 60.9 Å². The fourth-order valence-corrected chi connectivity index (χ4v) is 3.34. The minimum absolute atomic E-state index is 0. The van der Waals surface area contributed by atoms with Gasteiger partial charge in [0.2, 0.25) is 0 Å². The van der Waals surface area contributed by atoms with Crippen molar-refractivity contribution in [1.29, 1.82) is 0 Å². The van der Waals surface area contributed by atoms with Gasteiger partial charge in [-0.3, -0.25) is 9.97 Å². The second-order valence-corrected chi connectivity index (χ2v) is 5.93. The smallest absolute Gasteiger partial charge is 0.0853 e.